The normalized spacial score (nSPS) is 10.4. The second kappa shape index (κ2) is 5.68. The van der Waals surface area contributed by atoms with Crippen LogP contribution in [0.5, 0.6) is 0 Å². The predicted molar refractivity (Wildman–Crippen MR) is 69.1 cm³/mol. The van der Waals surface area contributed by atoms with Crippen LogP contribution < -0.4 is 0 Å². The van der Waals surface area contributed by atoms with Gasteiger partial charge in [-0.3, -0.25) is 9.48 Å². The molecule has 0 aliphatic rings. The summed E-state index contributed by atoms with van der Waals surface area (Å²) in [6.45, 7) is 0. The summed E-state index contributed by atoms with van der Waals surface area (Å²) in [5.41, 5.74) is 0.839. The van der Waals surface area contributed by atoms with Crippen molar-refractivity contribution in [3.05, 3.63) is 48.3 Å². The van der Waals surface area contributed by atoms with Crippen LogP contribution in [-0.2, 0) is 18.3 Å². The smallest absolute Gasteiger partial charge is 0.149 e. The minimum Gasteiger partial charge on any atom is -0.298 e. The van der Waals surface area contributed by atoms with E-state index in [1.165, 1.54) is 0 Å². The zero-order valence-electron chi connectivity index (χ0n) is 9.67. The second-order valence-electron chi connectivity index (χ2n) is 3.80. The van der Waals surface area contributed by atoms with E-state index in [0.717, 1.165) is 10.6 Å². The van der Waals surface area contributed by atoms with Gasteiger partial charge >= 0.3 is 0 Å². The van der Waals surface area contributed by atoms with E-state index in [-0.39, 0.29) is 5.78 Å². The molecule has 4 heteroatoms. The number of thioether (sulfide) groups is 1. The van der Waals surface area contributed by atoms with Gasteiger partial charge in [0.1, 0.15) is 5.78 Å². The van der Waals surface area contributed by atoms with E-state index in [1.807, 2.05) is 49.6 Å². The van der Waals surface area contributed by atoms with Crippen LogP contribution in [0.25, 0.3) is 0 Å². The van der Waals surface area contributed by atoms with E-state index in [4.69, 9.17) is 0 Å². The Hall–Kier alpha value is -1.55. The van der Waals surface area contributed by atoms with Gasteiger partial charge in [-0.1, -0.05) is 18.2 Å². The molecule has 88 valence electrons. The molecule has 0 aliphatic carbocycles. The molecular formula is C13H14N2OS. The summed E-state index contributed by atoms with van der Waals surface area (Å²) in [6.07, 6.45) is 2.27. The highest BCUT2D eigenvalue weighted by atomic mass is 32.2. The quantitative estimate of drug-likeness (QED) is 0.759. The van der Waals surface area contributed by atoms with Crippen molar-refractivity contribution >= 4 is 17.5 Å². The Kier molecular flexibility index (Phi) is 3.98. The van der Waals surface area contributed by atoms with Crippen molar-refractivity contribution < 1.29 is 4.79 Å². The molecule has 17 heavy (non-hydrogen) atoms. The number of carbonyl (C=O) groups excluding carboxylic acids is 1. The summed E-state index contributed by atoms with van der Waals surface area (Å²) in [6, 6.07) is 11.8. The number of nitrogens with zero attached hydrogens (tertiary/aromatic N) is 2. The van der Waals surface area contributed by atoms with Crippen molar-refractivity contribution in [1.82, 2.24) is 9.78 Å². The molecule has 0 bridgehead atoms. The average molecular weight is 246 g/mol. The van der Waals surface area contributed by atoms with Gasteiger partial charge in [0, 0.05) is 18.1 Å². The first-order chi connectivity index (χ1) is 8.24. The maximum Gasteiger partial charge on any atom is 0.149 e. The first kappa shape index (κ1) is 11.9. The molecule has 0 spiro atoms. The van der Waals surface area contributed by atoms with Crippen LogP contribution in [0, 0.1) is 0 Å². The van der Waals surface area contributed by atoms with E-state index in [9.17, 15) is 4.79 Å². The van der Waals surface area contributed by atoms with Gasteiger partial charge < -0.3 is 0 Å². The van der Waals surface area contributed by atoms with Gasteiger partial charge in [0.25, 0.3) is 0 Å². The fourth-order valence-electron chi connectivity index (χ4n) is 1.49. The largest absolute Gasteiger partial charge is 0.298 e. The summed E-state index contributed by atoms with van der Waals surface area (Å²) in [4.78, 5) is 12.9. The minimum absolute atomic E-state index is 0.206. The van der Waals surface area contributed by atoms with Crippen LogP contribution in [-0.4, -0.2) is 21.3 Å². The average Bonchev–Trinajstić information content (AvgIpc) is 2.73. The number of aromatic nitrogens is 2. The Morgan fingerprint density at radius 2 is 2.06 bits per heavy atom. The summed E-state index contributed by atoms with van der Waals surface area (Å²) in [7, 11) is 1.85. The third kappa shape index (κ3) is 3.75. The molecule has 0 radical (unpaired) electrons. The molecule has 1 aromatic carbocycles. The molecule has 0 aliphatic heterocycles. The molecule has 3 nitrogen and oxygen atoms in total. The topological polar surface area (TPSA) is 34.9 Å². The summed E-state index contributed by atoms with van der Waals surface area (Å²) in [5, 5.41) is 4.19. The Morgan fingerprint density at radius 3 is 2.71 bits per heavy atom. The number of hydrogen-bond acceptors (Lipinski definition) is 3. The van der Waals surface area contributed by atoms with Gasteiger partial charge in [0.15, 0.2) is 0 Å². The molecule has 0 saturated carbocycles. The van der Waals surface area contributed by atoms with E-state index < -0.39 is 0 Å². The number of aryl methyl sites for hydroxylation is 1. The van der Waals surface area contributed by atoms with Crippen molar-refractivity contribution in [2.24, 2.45) is 7.05 Å². The second-order valence-corrected chi connectivity index (χ2v) is 4.85. The van der Waals surface area contributed by atoms with Gasteiger partial charge in [-0.15, -0.1) is 11.8 Å². The zero-order chi connectivity index (χ0) is 12.1. The Bertz CT molecular complexity index is 493. The molecule has 0 saturated heterocycles. The van der Waals surface area contributed by atoms with Gasteiger partial charge in [-0.2, -0.15) is 5.10 Å². The van der Waals surface area contributed by atoms with Gasteiger partial charge in [-0.05, 0) is 18.2 Å². The first-order valence-electron chi connectivity index (χ1n) is 5.42. The molecule has 0 unspecified atom stereocenters. The van der Waals surface area contributed by atoms with Gasteiger partial charge in [-0.25, -0.2) is 0 Å². The standard InChI is InChI=1S/C13H14N2OS/c1-15-8-7-11(14-15)9-12(16)10-17-13-5-3-2-4-6-13/h2-8H,9-10H2,1H3. The van der Waals surface area contributed by atoms with Crippen molar-refractivity contribution in [1.29, 1.82) is 0 Å². The van der Waals surface area contributed by atoms with E-state index in [0.29, 0.717) is 12.2 Å². The Balaban J connectivity index is 1.82. The molecule has 0 N–H and O–H groups in total. The number of rotatable bonds is 5. The van der Waals surface area contributed by atoms with Crippen LogP contribution in [0.3, 0.4) is 0 Å². The molecular weight excluding hydrogens is 232 g/mol. The van der Waals surface area contributed by atoms with Crippen molar-refractivity contribution in [2.75, 3.05) is 5.75 Å². The van der Waals surface area contributed by atoms with Crippen molar-refractivity contribution in [3.63, 3.8) is 0 Å². The highest BCUT2D eigenvalue weighted by molar-refractivity contribution is 8.00. The lowest BCUT2D eigenvalue weighted by Gasteiger charge is -1.99. The number of benzene rings is 1. The summed E-state index contributed by atoms with van der Waals surface area (Å²) in [5.74, 6) is 0.707. The highest BCUT2D eigenvalue weighted by Gasteiger charge is 2.06. The van der Waals surface area contributed by atoms with E-state index >= 15 is 0 Å². The highest BCUT2D eigenvalue weighted by Crippen LogP contribution is 2.17. The van der Waals surface area contributed by atoms with Crippen LogP contribution in [0.4, 0.5) is 0 Å². The third-order valence-electron chi connectivity index (χ3n) is 2.29. The van der Waals surface area contributed by atoms with Crippen LogP contribution in [0.2, 0.25) is 0 Å². The fourth-order valence-corrected chi connectivity index (χ4v) is 2.27. The monoisotopic (exact) mass is 246 g/mol. The Morgan fingerprint density at radius 1 is 1.29 bits per heavy atom. The number of Topliss-reactive ketones (excluding diaryl/α,β-unsaturated/α-hetero) is 1. The lowest BCUT2D eigenvalue weighted by atomic mass is 10.2. The number of hydrogen-bond donors (Lipinski definition) is 0. The Labute approximate surface area is 105 Å². The first-order valence-corrected chi connectivity index (χ1v) is 6.40. The number of carbonyl (C=O) groups is 1. The molecule has 1 aromatic heterocycles. The summed E-state index contributed by atoms with van der Waals surface area (Å²) < 4.78 is 1.72. The van der Waals surface area contributed by atoms with E-state index in [1.54, 1.807) is 16.4 Å². The van der Waals surface area contributed by atoms with Gasteiger partial charge in [0.2, 0.25) is 0 Å². The molecule has 0 amide bonds. The molecule has 2 aromatic rings. The number of ketones is 1. The van der Waals surface area contributed by atoms with Crippen LogP contribution in [0.15, 0.2) is 47.5 Å². The van der Waals surface area contributed by atoms with Crippen molar-refractivity contribution in [2.45, 2.75) is 11.3 Å². The molecule has 0 fully saturated rings. The lowest BCUT2D eigenvalue weighted by molar-refractivity contribution is -0.116. The summed E-state index contributed by atoms with van der Waals surface area (Å²) >= 11 is 1.57. The van der Waals surface area contributed by atoms with Crippen molar-refractivity contribution in [3.8, 4) is 0 Å². The van der Waals surface area contributed by atoms with Crippen LogP contribution in [0.1, 0.15) is 5.69 Å². The maximum absolute atomic E-state index is 11.7. The minimum atomic E-state index is 0.206. The zero-order valence-corrected chi connectivity index (χ0v) is 10.5. The predicted octanol–water partition coefficient (Wildman–Crippen LogP) is 2.32. The van der Waals surface area contributed by atoms with Crippen LogP contribution >= 0.6 is 11.8 Å². The van der Waals surface area contributed by atoms with Gasteiger partial charge in [0.05, 0.1) is 17.9 Å². The third-order valence-corrected chi connectivity index (χ3v) is 3.36. The molecule has 2 rings (SSSR count). The lowest BCUT2D eigenvalue weighted by Crippen LogP contribution is -2.06. The van der Waals surface area contributed by atoms with E-state index in [2.05, 4.69) is 5.10 Å². The molecule has 1 heterocycles. The maximum atomic E-state index is 11.7. The molecule has 0 atom stereocenters. The SMILES string of the molecule is Cn1ccc(CC(=O)CSc2ccccc2)n1. The fraction of sp³-hybridized carbons (Fsp3) is 0.231.